The fraction of sp³-hybridized carbons (Fsp3) is 0.696. The van der Waals surface area contributed by atoms with Gasteiger partial charge in [0.1, 0.15) is 11.5 Å². The van der Waals surface area contributed by atoms with Crippen molar-refractivity contribution in [3.63, 3.8) is 0 Å². The molecule has 1 aromatic carbocycles. The van der Waals surface area contributed by atoms with Crippen LogP contribution in [0.5, 0.6) is 5.75 Å². The van der Waals surface area contributed by atoms with Gasteiger partial charge in [0.05, 0.1) is 12.7 Å². The van der Waals surface area contributed by atoms with E-state index >= 15 is 0 Å². The van der Waals surface area contributed by atoms with Crippen LogP contribution in [0.3, 0.4) is 0 Å². The van der Waals surface area contributed by atoms with Gasteiger partial charge >= 0.3 is 0 Å². The molecule has 1 saturated heterocycles. The highest BCUT2D eigenvalue weighted by atomic mass is 16.5. The number of carbonyl (C=O) groups is 1. The van der Waals surface area contributed by atoms with Crippen molar-refractivity contribution in [3.05, 3.63) is 29.3 Å². The average molecular weight is 370 g/mol. The summed E-state index contributed by atoms with van der Waals surface area (Å²) in [6.45, 7) is 4.51. The van der Waals surface area contributed by atoms with Gasteiger partial charge in [-0.25, -0.2) is 0 Å². The van der Waals surface area contributed by atoms with Crippen molar-refractivity contribution in [1.82, 2.24) is 4.90 Å². The molecule has 3 aliphatic carbocycles. The predicted molar refractivity (Wildman–Crippen MR) is 104 cm³/mol. The first-order chi connectivity index (χ1) is 13.0. The lowest BCUT2D eigenvalue weighted by Gasteiger charge is -2.67. The fourth-order valence-electron chi connectivity index (χ4n) is 6.82. The summed E-state index contributed by atoms with van der Waals surface area (Å²) < 4.78 is 12.1. The van der Waals surface area contributed by atoms with Gasteiger partial charge in [-0.05, 0) is 67.3 Å². The van der Waals surface area contributed by atoms with E-state index in [-0.39, 0.29) is 16.9 Å². The van der Waals surface area contributed by atoms with E-state index in [9.17, 15) is 4.79 Å². The predicted octanol–water partition coefficient (Wildman–Crippen LogP) is 3.36. The summed E-state index contributed by atoms with van der Waals surface area (Å²) in [4.78, 5) is 15.5. The van der Waals surface area contributed by atoms with Crippen molar-refractivity contribution in [2.45, 2.75) is 62.5 Å². The van der Waals surface area contributed by atoms with Crippen molar-refractivity contribution >= 4 is 5.78 Å². The summed E-state index contributed by atoms with van der Waals surface area (Å²) in [6, 6.07) is 6.86. The Kier molecular flexibility index (Phi) is 3.97. The zero-order chi connectivity index (χ0) is 18.8. The van der Waals surface area contributed by atoms with Crippen LogP contribution >= 0.6 is 0 Å². The molecular weight excluding hydrogens is 338 g/mol. The van der Waals surface area contributed by atoms with Crippen molar-refractivity contribution in [1.29, 1.82) is 0 Å². The lowest BCUT2D eigenvalue weighted by atomic mass is 9.46. The van der Waals surface area contributed by atoms with Gasteiger partial charge in [-0.15, -0.1) is 0 Å². The number of methoxy groups -OCH3 is 2. The first kappa shape index (κ1) is 17.7. The van der Waals surface area contributed by atoms with Crippen molar-refractivity contribution in [3.8, 4) is 5.75 Å². The van der Waals surface area contributed by atoms with E-state index in [2.05, 4.69) is 30.0 Å². The largest absolute Gasteiger partial charge is 0.497 e. The zero-order valence-corrected chi connectivity index (χ0v) is 16.8. The number of hydrogen-bond acceptors (Lipinski definition) is 4. The summed E-state index contributed by atoms with van der Waals surface area (Å²) in [5.74, 6) is 2.37. The number of benzene rings is 1. The maximum absolute atomic E-state index is 12.8. The van der Waals surface area contributed by atoms with Crippen LogP contribution in [0.2, 0.25) is 0 Å². The first-order valence-electron chi connectivity index (χ1n) is 10.5. The Balaban J connectivity index is 1.70. The van der Waals surface area contributed by atoms with Gasteiger partial charge in [-0.3, -0.25) is 9.69 Å². The van der Waals surface area contributed by atoms with E-state index in [1.807, 2.05) is 7.11 Å². The Bertz CT molecular complexity index is 773. The summed E-state index contributed by atoms with van der Waals surface area (Å²) in [6.07, 6.45) is 6.01. The van der Waals surface area contributed by atoms with Crippen LogP contribution in [-0.4, -0.2) is 49.6 Å². The average Bonchev–Trinajstić information content (AvgIpc) is 3.47. The van der Waals surface area contributed by atoms with Gasteiger partial charge in [0, 0.05) is 38.0 Å². The highest BCUT2D eigenvalue weighted by Gasteiger charge is 2.68. The number of carbonyl (C=O) groups excluding carboxylic acids is 1. The fourth-order valence-corrected chi connectivity index (χ4v) is 6.82. The van der Waals surface area contributed by atoms with E-state index in [0.29, 0.717) is 24.7 Å². The third-order valence-electron chi connectivity index (χ3n) is 8.05. The highest BCUT2D eigenvalue weighted by Crippen LogP contribution is 2.61. The monoisotopic (exact) mass is 369 g/mol. The van der Waals surface area contributed by atoms with E-state index in [1.54, 1.807) is 7.11 Å². The molecule has 0 spiro atoms. The van der Waals surface area contributed by atoms with Crippen LogP contribution in [0.15, 0.2) is 18.2 Å². The van der Waals surface area contributed by atoms with Gasteiger partial charge in [0.15, 0.2) is 0 Å². The quantitative estimate of drug-likeness (QED) is 0.816. The SMILES string of the molecule is COc1ccc2c(c1)[C@]13CCN(CC4CC4)[C@H](C2)[C@]1(OC)C(C)CC(=O)C3. The molecule has 2 bridgehead atoms. The van der Waals surface area contributed by atoms with Crippen LogP contribution in [0.4, 0.5) is 0 Å². The molecular formula is C23H31NO3. The maximum atomic E-state index is 12.8. The molecule has 1 aliphatic heterocycles. The molecule has 3 fully saturated rings. The lowest BCUT2D eigenvalue weighted by molar-refractivity contribution is -0.210. The number of ether oxygens (including phenoxy) is 2. The summed E-state index contributed by atoms with van der Waals surface area (Å²) in [5, 5.41) is 0. The minimum atomic E-state index is -0.284. The van der Waals surface area contributed by atoms with E-state index in [4.69, 9.17) is 9.47 Å². The third kappa shape index (κ3) is 2.32. The Morgan fingerprint density at radius 3 is 2.74 bits per heavy atom. The Labute approximate surface area is 162 Å². The molecule has 4 atom stereocenters. The van der Waals surface area contributed by atoms with Crippen molar-refractivity contribution in [2.75, 3.05) is 27.3 Å². The van der Waals surface area contributed by atoms with Gasteiger partial charge in [-0.1, -0.05) is 13.0 Å². The number of piperidine rings is 1. The second kappa shape index (κ2) is 6.05. The van der Waals surface area contributed by atoms with Crippen molar-refractivity contribution in [2.24, 2.45) is 11.8 Å². The molecule has 1 aromatic rings. The molecule has 5 rings (SSSR count). The molecule has 1 unspecified atom stereocenters. The molecule has 0 aromatic heterocycles. The first-order valence-corrected chi connectivity index (χ1v) is 10.5. The van der Waals surface area contributed by atoms with Gasteiger partial charge in [-0.2, -0.15) is 0 Å². The smallest absolute Gasteiger partial charge is 0.134 e. The second-order valence-electron chi connectivity index (χ2n) is 9.33. The Morgan fingerprint density at radius 2 is 2.04 bits per heavy atom. The Morgan fingerprint density at radius 1 is 1.22 bits per heavy atom. The summed E-state index contributed by atoms with van der Waals surface area (Å²) in [5.41, 5.74) is 2.19. The molecule has 0 radical (unpaired) electrons. The van der Waals surface area contributed by atoms with Gasteiger partial charge in [0.2, 0.25) is 0 Å². The summed E-state index contributed by atoms with van der Waals surface area (Å²) in [7, 11) is 3.61. The standard InChI is InChI=1S/C23H31NO3/c1-15-10-18(25)13-22-8-9-24(14-16-4-5-16)21(23(15,22)27-3)11-17-6-7-19(26-2)12-20(17)22/h6-7,12,15-16,21H,4-5,8-11,13-14H2,1-3H3/t15?,21-,22-,23-/m1/s1. The van der Waals surface area contributed by atoms with Crippen LogP contribution in [0.1, 0.15) is 50.2 Å². The van der Waals surface area contributed by atoms with E-state index < -0.39 is 0 Å². The van der Waals surface area contributed by atoms with E-state index in [1.165, 1.54) is 30.5 Å². The van der Waals surface area contributed by atoms with Crippen LogP contribution in [0.25, 0.3) is 0 Å². The molecule has 1 heterocycles. The van der Waals surface area contributed by atoms with Gasteiger partial charge in [0.25, 0.3) is 0 Å². The zero-order valence-electron chi connectivity index (χ0n) is 16.8. The van der Waals surface area contributed by atoms with Crippen LogP contribution < -0.4 is 4.74 Å². The number of rotatable bonds is 4. The second-order valence-corrected chi connectivity index (χ2v) is 9.33. The molecule has 4 heteroatoms. The number of nitrogens with zero attached hydrogens (tertiary/aromatic N) is 1. The molecule has 146 valence electrons. The van der Waals surface area contributed by atoms with E-state index in [0.717, 1.165) is 31.1 Å². The number of likely N-dealkylation sites (tertiary alicyclic amines) is 1. The lowest BCUT2D eigenvalue weighted by Crippen LogP contribution is -2.76. The molecule has 4 aliphatic rings. The van der Waals surface area contributed by atoms with Gasteiger partial charge < -0.3 is 9.47 Å². The molecule has 0 N–H and O–H groups in total. The minimum absolute atomic E-state index is 0.219. The number of hydrogen-bond donors (Lipinski definition) is 0. The number of fused-ring (bicyclic) bond motifs is 1. The third-order valence-corrected chi connectivity index (χ3v) is 8.05. The topological polar surface area (TPSA) is 38.8 Å². The van der Waals surface area contributed by atoms with Crippen LogP contribution in [0, 0.1) is 11.8 Å². The minimum Gasteiger partial charge on any atom is -0.497 e. The highest BCUT2D eigenvalue weighted by molar-refractivity contribution is 5.83. The number of Topliss-reactive ketones (excluding diaryl/α,β-unsaturated/α-hetero) is 1. The van der Waals surface area contributed by atoms with Crippen LogP contribution in [-0.2, 0) is 21.4 Å². The normalized spacial score (nSPS) is 38.3. The Hall–Kier alpha value is -1.39. The number of ketones is 1. The molecule has 2 saturated carbocycles. The molecule has 0 amide bonds. The summed E-state index contributed by atoms with van der Waals surface area (Å²) >= 11 is 0. The maximum Gasteiger partial charge on any atom is 0.134 e. The molecule has 4 nitrogen and oxygen atoms in total. The molecule has 27 heavy (non-hydrogen) atoms. The van der Waals surface area contributed by atoms with Crippen molar-refractivity contribution < 1.29 is 14.3 Å².